The van der Waals surface area contributed by atoms with Gasteiger partial charge in [-0.05, 0) is 18.4 Å². The Morgan fingerprint density at radius 1 is 1.26 bits per heavy atom. The number of benzene rings is 1. The maximum absolute atomic E-state index is 12.1. The summed E-state index contributed by atoms with van der Waals surface area (Å²) in [5.74, 6) is -0.357. The van der Waals surface area contributed by atoms with Gasteiger partial charge in [0.2, 0.25) is 5.91 Å². The van der Waals surface area contributed by atoms with Crippen molar-refractivity contribution in [3.05, 3.63) is 35.9 Å². The second-order valence-electron chi connectivity index (χ2n) is 5.18. The van der Waals surface area contributed by atoms with Crippen LogP contribution in [0.2, 0.25) is 0 Å². The van der Waals surface area contributed by atoms with Crippen molar-refractivity contribution in [3.63, 3.8) is 0 Å². The first-order chi connectivity index (χ1) is 8.97. The monoisotopic (exact) mass is 264 g/mol. The predicted octanol–water partition coefficient (Wildman–Crippen LogP) is 1.46. The zero-order chi connectivity index (χ0) is 14.4. The van der Waals surface area contributed by atoms with E-state index in [-0.39, 0.29) is 36.4 Å². The maximum atomic E-state index is 12.1. The highest BCUT2D eigenvalue weighted by Gasteiger charge is 2.24. The van der Waals surface area contributed by atoms with E-state index in [0.29, 0.717) is 0 Å². The van der Waals surface area contributed by atoms with E-state index in [2.05, 4.69) is 5.32 Å². The van der Waals surface area contributed by atoms with Crippen LogP contribution >= 0.6 is 0 Å². The Hall–Kier alpha value is -1.39. The SMILES string of the molecule is CC(CO)C(C)NC(=O)C(C)C(N)c1ccccc1. The molecule has 0 fully saturated rings. The van der Waals surface area contributed by atoms with Gasteiger partial charge in [0, 0.05) is 18.7 Å². The molecule has 1 amide bonds. The molecule has 0 aromatic heterocycles. The molecule has 0 bridgehead atoms. The molecule has 4 heteroatoms. The lowest BCUT2D eigenvalue weighted by molar-refractivity contribution is -0.126. The second kappa shape index (κ2) is 7.26. The molecule has 0 heterocycles. The number of carbonyl (C=O) groups excluding carboxylic acids is 1. The van der Waals surface area contributed by atoms with Gasteiger partial charge in [-0.15, -0.1) is 0 Å². The van der Waals surface area contributed by atoms with Gasteiger partial charge in [0.05, 0.1) is 5.92 Å². The lowest BCUT2D eigenvalue weighted by Crippen LogP contribution is -2.43. The molecule has 0 aliphatic carbocycles. The summed E-state index contributed by atoms with van der Waals surface area (Å²) in [5.41, 5.74) is 7.07. The van der Waals surface area contributed by atoms with Crippen LogP contribution in [0.5, 0.6) is 0 Å². The van der Waals surface area contributed by atoms with E-state index < -0.39 is 0 Å². The summed E-state index contributed by atoms with van der Waals surface area (Å²) in [6.07, 6.45) is 0. The third kappa shape index (κ3) is 4.33. The molecule has 0 saturated carbocycles. The first-order valence-electron chi connectivity index (χ1n) is 6.69. The number of carbonyl (C=O) groups is 1. The predicted molar refractivity (Wildman–Crippen MR) is 76.4 cm³/mol. The van der Waals surface area contributed by atoms with Crippen molar-refractivity contribution in [1.29, 1.82) is 0 Å². The Kier molecular flexibility index (Phi) is 5.99. The summed E-state index contributed by atoms with van der Waals surface area (Å²) in [6, 6.07) is 9.21. The zero-order valence-corrected chi connectivity index (χ0v) is 11.8. The fourth-order valence-corrected chi connectivity index (χ4v) is 1.78. The van der Waals surface area contributed by atoms with Gasteiger partial charge >= 0.3 is 0 Å². The van der Waals surface area contributed by atoms with Crippen molar-refractivity contribution in [2.24, 2.45) is 17.6 Å². The molecule has 4 nitrogen and oxygen atoms in total. The van der Waals surface area contributed by atoms with Crippen molar-refractivity contribution in [2.45, 2.75) is 32.9 Å². The number of aliphatic hydroxyl groups is 1. The first-order valence-corrected chi connectivity index (χ1v) is 6.69. The average molecular weight is 264 g/mol. The van der Waals surface area contributed by atoms with E-state index in [4.69, 9.17) is 10.8 Å². The summed E-state index contributed by atoms with van der Waals surface area (Å²) in [6.45, 7) is 5.66. The quantitative estimate of drug-likeness (QED) is 0.728. The third-order valence-corrected chi connectivity index (χ3v) is 3.65. The van der Waals surface area contributed by atoms with Crippen LogP contribution in [0.1, 0.15) is 32.4 Å². The van der Waals surface area contributed by atoms with Crippen LogP contribution in [0.4, 0.5) is 0 Å². The fourth-order valence-electron chi connectivity index (χ4n) is 1.78. The van der Waals surface area contributed by atoms with E-state index in [1.54, 1.807) is 0 Å². The number of aliphatic hydroxyl groups excluding tert-OH is 1. The Bertz CT molecular complexity index is 394. The van der Waals surface area contributed by atoms with Crippen LogP contribution in [-0.4, -0.2) is 23.7 Å². The van der Waals surface area contributed by atoms with Crippen molar-refractivity contribution < 1.29 is 9.90 Å². The second-order valence-corrected chi connectivity index (χ2v) is 5.18. The Morgan fingerprint density at radius 3 is 2.37 bits per heavy atom. The van der Waals surface area contributed by atoms with Crippen LogP contribution in [0.25, 0.3) is 0 Å². The smallest absolute Gasteiger partial charge is 0.224 e. The highest BCUT2D eigenvalue weighted by atomic mass is 16.3. The summed E-state index contributed by atoms with van der Waals surface area (Å²) < 4.78 is 0. The minimum atomic E-state index is -0.321. The van der Waals surface area contributed by atoms with Crippen molar-refractivity contribution in [3.8, 4) is 0 Å². The van der Waals surface area contributed by atoms with Gasteiger partial charge in [-0.2, -0.15) is 0 Å². The molecule has 1 aromatic carbocycles. The van der Waals surface area contributed by atoms with E-state index in [9.17, 15) is 4.79 Å². The lowest BCUT2D eigenvalue weighted by atomic mass is 9.94. The zero-order valence-electron chi connectivity index (χ0n) is 11.8. The summed E-state index contributed by atoms with van der Waals surface area (Å²) in [5, 5.41) is 12.0. The van der Waals surface area contributed by atoms with E-state index >= 15 is 0 Å². The van der Waals surface area contributed by atoms with Gasteiger partial charge in [0.15, 0.2) is 0 Å². The van der Waals surface area contributed by atoms with E-state index in [1.807, 2.05) is 51.1 Å². The molecule has 0 aliphatic rings. The Morgan fingerprint density at radius 2 is 1.84 bits per heavy atom. The van der Waals surface area contributed by atoms with Crippen molar-refractivity contribution in [1.82, 2.24) is 5.32 Å². The molecule has 0 spiro atoms. The van der Waals surface area contributed by atoms with Crippen molar-refractivity contribution >= 4 is 5.91 Å². The summed E-state index contributed by atoms with van der Waals surface area (Å²) >= 11 is 0. The molecule has 4 unspecified atom stereocenters. The number of hydrogen-bond donors (Lipinski definition) is 3. The Labute approximate surface area is 115 Å². The van der Waals surface area contributed by atoms with Crippen LogP contribution in [0, 0.1) is 11.8 Å². The van der Waals surface area contributed by atoms with Crippen LogP contribution < -0.4 is 11.1 Å². The summed E-state index contributed by atoms with van der Waals surface area (Å²) in [4.78, 5) is 12.1. The molecule has 0 aliphatic heterocycles. The highest BCUT2D eigenvalue weighted by Crippen LogP contribution is 2.19. The number of nitrogens with two attached hydrogens (primary N) is 1. The number of rotatable bonds is 6. The molecule has 0 radical (unpaired) electrons. The molecule has 0 saturated heterocycles. The maximum Gasteiger partial charge on any atom is 0.224 e. The molecule has 4 atom stereocenters. The number of amides is 1. The van der Waals surface area contributed by atoms with Crippen molar-refractivity contribution in [2.75, 3.05) is 6.61 Å². The van der Waals surface area contributed by atoms with Crippen LogP contribution in [0.15, 0.2) is 30.3 Å². The fraction of sp³-hybridized carbons (Fsp3) is 0.533. The van der Waals surface area contributed by atoms with Gasteiger partial charge in [0.25, 0.3) is 0 Å². The molecule has 4 N–H and O–H groups in total. The molecule has 19 heavy (non-hydrogen) atoms. The molecule has 1 aromatic rings. The number of nitrogens with one attached hydrogen (secondary N) is 1. The molecule has 1 rings (SSSR count). The highest BCUT2D eigenvalue weighted by molar-refractivity contribution is 5.79. The molecule has 106 valence electrons. The minimum Gasteiger partial charge on any atom is -0.396 e. The van der Waals surface area contributed by atoms with E-state index in [1.165, 1.54) is 0 Å². The average Bonchev–Trinajstić information content (AvgIpc) is 2.45. The Balaban J connectivity index is 2.62. The van der Waals surface area contributed by atoms with Gasteiger partial charge in [-0.3, -0.25) is 4.79 Å². The third-order valence-electron chi connectivity index (χ3n) is 3.65. The first kappa shape index (κ1) is 15.7. The van der Waals surface area contributed by atoms with Crippen LogP contribution in [0.3, 0.4) is 0 Å². The van der Waals surface area contributed by atoms with Gasteiger partial charge in [-0.25, -0.2) is 0 Å². The topological polar surface area (TPSA) is 75.3 Å². The van der Waals surface area contributed by atoms with Gasteiger partial charge < -0.3 is 16.2 Å². The molecular formula is C15H24N2O2. The molecular weight excluding hydrogens is 240 g/mol. The van der Waals surface area contributed by atoms with Crippen LogP contribution in [-0.2, 0) is 4.79 Å². The van der Waals surface area contributed by atoms with Gasteiger partial charge in [0.1, 0.15) is 0 Å². The van der Waals surface area contributed by atoms with Gasteiger partial charge in [-0.1, -0.05) is 44.2 Å². The van der Waals surface area contributed by atoms with E-state index in [0.717, 1.165) is 5.56 Å². The standard InChI is InChI=1S/C15H24N2O2/c1-10(9-18)12(3)17-15(19)11(2)14(16)13-7-5-4-6-8-13/h4-8,10-12,14,18H,9,16H2,1-3H3,(H,17,19). The number of hydrogen-bond acceptors (Lipinski definition) is 3. The largest absolute Gasteiger partial charge is 0.396 e. The lowest BCUT2D eigenvalue weighted by Gasteiger charge is -2.24. The normalized spacial score (nSPS) is 17.3. The summed E-state index contributed by atoms with van der Waals surface area (Å²) in [7, 11) is 0. The minimum absolute atomic E-state index is 0.0316.